The summed E-state index contributed by atoms with van der Waals surface area (Å²) in [6.07, 6.45) is 0. The standard InChI is InChI=1S/C10H6Br2.C9H11NO2/c11-8-4-5-9-7(6-8)2-1-3-10(9)12;1-12-7-9(11)10-8-5-3-2-4-6-8/h1-6H;2-6H,7H2,1H3,(H,10,11). The van der Waals surface area contributed by atoms with Crippen LogP contribution in [0.1, 0.15) is 0 Å². The minimum Gasteiger partial charge on any atom is -0.375 e. The number of carbonyl (C=O) groups excluding carboxylic acids is 1. The van der Waals surface area contributed by atoms with E-state index in [1.165, 1.54) is 17.9 Å². The number of ether oxygens (including phenoxy) is 1. The van der Waals surface area contributed by atoms with Crippen LogP contribution < -0.4 is 5.32 Å². The number of hydrogen-bond donors (Lipinski definition) is 1. The summed E-state index contributed by atoms with van der Waals surface area (Å²) >= 11 is 6.95. The molecule has 1 amide bonds. The molecule has 0 aliphatic heterocycles. The number of nitrogens with one attached hydrogen (secondary N) is 1. The second-order valence-corrected chi connectivity index (χ2v) is 6.72. The van der Waals surface area contributed by atoms with Crippen LogP contribution >= 0.6 is 31.9 Å². The second-order valence-electron chi connectivity index (χ2n) is 4.95. The third-order valence-corrected chi connectivity index (χ3v) is 4.31. The summed E-state index contributed by atoms with van der Waals surface area (Å²) in [4.78, 5) is 11.0. The van der Waals surface area contributed by atoms with Crippen molar-refractivity contribution in [2.75, 3.05) is 19.0 Å². The fourth-order valence-electron chi connectivity index (χ4n) is 2.06. The lowest BCUT2D eigenvalue weighted by Gasteiger charge is -2.02. The number of anilines is 1. The maximum absolute atomic E-state index is 11.0. The normalized spacial score (nSPS) is 9.96. The Morgan fingerprint density at radius 2 is 1.75 bits per heavy atom. The van der Waals surface area contributed by atoms with Gasteiger partial charge in [-0.25, -0.2) is 0 Å². The average molecular weight is 451 g/mol. The molecule has 0 atom stereocenters. The lowest BCUT2D eigenvalue weighted by Crippen LogP contribution is -2.16. The molecular formula is C19H17Br2NO2. The average Bonchev–Trinajstić information content (AvgIpc) is 2.56. The van der Waals surface area contributed by atoms with Gasteiger partial charge in [0.05, 0.1) is 0 Å². The summed E-state index contributed by atoms with van der Waals surface area (Å²) in [5, 5.41) is 5.18. The Kier molecular flexibility index (Phi) is 7.43. The van der Waals surface area contributed by atoms with Crippen LogP contribution in [0.2, 0.25) is 0 Å². The molecule has 0 bridgehead atoms. The molecule has 5 heteroatoms. The lowest BCUT2D eigenvalue weighted by molar-refractivity contribution is -0.119. The van der Waals surface area contributed by atoms with Gasteiger partial charge in [0, 0.05) is 21.7 Å². The van der Waals surface area contributed by atoms with Crippen molar-refractivity contribution in [3.63, 3.8) is 0 Å². The number of benzene rings is 3. The molecular weight excluding hydrogens is 434 g/mol. The highest BCUT2D eigenvalue weighted by Crippen LogP contribution is 2.26. The van der Waals surface area contributed by atoms with Crippen LogP contribution in [0.4, 0.5) is 5.69 Å². The molecule has 124 valence electrons. The van der Waals surface area contributed by atoms with Crippen LogP contribution in [0, 0.1) is 0 Å². The van der Waals surface area contributed by atoms with Crippen molar-refractivity contribution in [1.82, 2.24) is 0 Å². The van der Waals surface area contributed by atoms with Crippen LogP contribution in [0.25, 0.3) is 10.8 Å². The monoisotopic (exact) mass is 449 g/mol. The van der Waals surface area contributed by atoms with E-state index < -0.39 is 0 Å². The summed E-state index contributed by atoms with van der Waals surface area (Å²) in [7, 11) is 1.49. The van der Waals surface area contributed by atoms with E-state index in [9.17, 15) is 4.79 Å². The Morgan fingerprint density at radius 3 is 2.46 bits per heavy atom. The van der Waals surface area contributed by atoms with Crippen LogP contribution in [0.3, 0.4) is 0 Å². The number of rotatable bonds is 3. The van der Waals surface area contributed by atoms with Crippen LogP contribution in [-0.2, 0) is 9.53 Å². The van der Waals surface area contributed by atoms with Gasteiger partial charge in [0.2, 0.25) is 5.91 Å². The first-order valence-corrected chi connectivity index (χ1v) is 8.86. The van der Waals surface area contributed by atoms with E-state index in [1.54, 1.807) is 0 Å². The minimum absolute atomic E-state index is 0.0922. The van der Waals surface area contributed by atoms with Crippen LogP contribution in [0.5, 0.6) is 0 Å². The quantitative estimate of drug-likeness (QED) is 0.560. The molecule has 3 rings (SSSR count). The zero-order valence-corrected chi connectivity index (χ0v) is 16.3. The van der Waals surface area contributed by atoms with Crippen molar-refractivity contribution >= 4 is 54.2 Å². The lowest BCUT2D eigenvalue weighted by atomic mass is 10.1. The molecule has 0 saturated heterocycles. The fraction of sp³-hybridized carbons (Fsp3) is 0.105. The van der Waals surface area contributed by atoms with E-state index in [2.05, 4.69) is 66.2 Å². The van der Waals surface area contributed by atoms with Crippen molar-refractivity contribution in [2.45, 2.75) is 0 Å². The SMILES string of the molecule is Brc1ccc2c(Br)cccc2c1.COCC(=O)Nc1ccccc1. The summed E-state index contributed by atoms with van der Waals surface area (Å²) in [6.45, 7) is 0.0922. The van der Waals surface area contributed by atoms with E-state index in [0.717, 1.165) is 14.6 Å². The van der Waals surface area contributed by atoms with E-state index in [-0.39, 0.29) is 12.5 Å². The first-order valence-electron chi connectivity index (χ1n) is 7.28. The molecule has 0 unspecified atom stereocenters. The minimum atomic E-state index is -0.135. The number of fused-ring (bicyclic) bond motifs is 1. The van der Waals surface area contributed by atoms with Crippen molar-refractivity contribution in [1.29, 1.82) is 0 Å². The first-order chi connectivity index (χ1) is 11.6. The van der Waals surface area contributed by atoms with Crippen molar-refractivity contribution in [2.24, 2.45) is 0 Å². The number of hydrogen-bond acceptors (Lipinski definition) is 2. The zero-order chi connectivity index (χ0) is 17.4. The Hall–Kier alpha value is -1.69. The topological polar surface area (TPSA) is 38.3 Å². The highest BCUT2D eigenvalue weighted by atomic mass is 79.9. The molecule has 3 nitrogen and oxygen atoms in total. The van der Waals surface area contributed by atoms with E-state index in [1.807, 2.05) is 42.5 Å². The van der Waals surface area contributed by atoms with Gasteiger partial charge in [-0.15, -0.1) is 0 Å². The van der Waals surface area contributed by atoms with Gasteiger partial charge in [0.15, 0.2) is 0 Å². The summed E-state index contributed by atoms with van der Waals surface area (Å²) in [5.74, 6) is -0.135. The Bertz CT molecular complexity index is 807. The molecule has 0 spiro atoms. The van der Waals surface area contributed by atoms with Crippen molar-refractivity contribution in [3.8, 4) is 0 Å². The van der Waals surface area contributed by atoms with E-state index in [0.29, 0.717) is 0 Å². The third kappa shape index (κ3) is 5.74. The summed E-state index contributed by atoms with van der Waals surface area (Å²) in [6, 6.07) is 21.7. The fourth-order valence-corrected chi connectivity index (χ4v) is 2.96. The van der Waals surface area contributed by atoms with Gasteiger partial charge in [-0.05, 0) is 41.1 Å². The van der Waals surface area contributed by atoms with E-state index >= 15 is 0 Å². The molecule has 0 aromatic heterocycles. The Labute approximate surface area is 158 Å². The van der Waals surface area contributed by atoms with Gasteiger partial charge in [-0.2, -0.15) is 0 Å². The number of carbonyl (C=O) groups is 1. The Balaban J connectivity index is 0.000000174. The van der Waals surface area contributed by atoms with Crippen LogP contribution in [0.15, 0.2) is 75.7 Å². The molecule has 3 aromatic rings. The van der Waals surface area contributed by atoms with Gasteiger partial charge >= 0.3 is 0 Å². The Morgan fingerprint density at radius 1 is 1.00 bits per heavy atom. The molecule has 0 saturated carbocycles. The number of para-hydroxylation sites is 1. The van der Waals surface area contributed by atoms with Crippen molar-refractivity contribution < 1.29 is 9.53 Å². The molecule has 0 heterocycles. The number of amides is 1. The third-order valence-electron chi connectivity index (χ3n) is 3.12. The molecule has 0 aliphatic carbocycles. The zero-order valence-electron chi connectivity index (χ0n) is 13.1. The van der Waals surface area contributed by atoms with E-state index in [4.69, 9.17) is 0 Å². The largest absolute Gasteiger partial charge is 0.375 e. The maximum atomic E-state index is 11.0. The summed E-state index contributed by atoms with van der Waals surface area (Å²) < 4.78 is 6.93. The van der Waals surface area contributed by atoms with Gasteiger partial charge in [-0.3, -0.25) is 4.79 Å². The van der Waals surface area contributed by atoms with Crippen molar-refractivity contribution in [3.05, 3.63) is 75.7 Å². The molecule has 0 radical (unpaired) electrons. The predicted octanol–water partition coefficient (Wildman–Crippen LogP) is 5.64. The highest BCUT2D eigenvalue weighted by molar-refractivity contribution is 9.11. The second kappa shape index (κ2) is 9.57. The number of methoxy groups -OCH3 is 1. The maximum Gasteiger partial charge on any atom is 0.250 e. The van der Waals surface area contributed by atoms with Crippen LogP contribution in [-0.4, -0.2) is 19.6 Å². The highest BCUT2D eigenvalue weighted by Gasteiger charge is 1.99. The van der Waals surface area contributed by atoms with Gasteiger partial charge in [0.1, 0.15) is 6.61 Å². The molecule has 0 fully saturated rings. The molecule has 24 heavy (non-hydrogen) atoms. The molecule has 3 aromatic carbocycles. The smallest absolute Gasteiger partial charge is 0.250 e. The first kappa shape index (κ1) is 18.6. The van der Waals surface area contributed by atoms with Gasteiger partial charge in [0.25, 0.3) is 0 Å². The summed E-state index contributed by atoms with van der Waals surface area (Å²) in [5.41, 5.74) is 0.791. The number of halogens is 2. The molecule has 1 N–H and O–H groups in total. The predicted molar refractivity (Wildman–Crippen MR) is 106 cm³/mol. The van der Waals surface area contributed by atoms with Gasteiger partial charge in [-0.1, -0.05) is 68.3 Å². The van der Waals surface area contributed by atoms with Gasteiger partial charge < -0.3 is 10.1 Å². The molecule has 0 aliphatic rings.